The predicted molar refractivity (Wildman–Crippen MR) is 82.2 cm³/mol. The molecule has 1 N–H and O–H groups in total. The number of benzene rings is 2. The maximum Gasteiger partial charge on any atom is 0.338 e. The highest BCUT2D eigenvalue weighted by atomic mass is 35.5. The van der Waals surface area contributed by atoms with Gasteiger partial charge in [0.25, 0.3) is 0 Å². The first-order valence-electron chi connectivity index (χ1n) is 5.93. The largest absolute Gasteiger partial charge is 0.497 e. The molecule has 0 aromatic heterocycles. The SMILES string of the molecule is COc1ccc(O[P@](C)(=O)Nc2ccc(Cl)cc2)cc1. The zero-order valence-corrected chi connectivity index (χ0v) is 12.8. The van der Waals surface area contributed by atoms with E-state index in [9.17, 15) is 4.57 Å². The average molecular weight is 312 g/mol. The molecule has 0 heterocycles. The van der Waals surface area contributed by atoms with Crippen LogP contribution in [0, 0.1) is 0 Å². The van der Waals surface area contributed by atoms with Crippen LogP contribution in [0.3, 0.4) is 0 Å². The van der Waals surface area contributed by atoms with Crippen LogP contribution in [-0.4, -0.2) is 13.8 Å². The lowest BCUT2D eigenvalue weighted by atomic mass is 10.3. The van der Waals surface area contributed by atoms with Crippen LogP contribution >= 0.6 is 19.1 Å². The molecule has 106 valence electrons. The highest BCUT2D eigenvalue weighted by Gasteiger charge is 2.17. The topological polar surface area (TPSA) is 47.6 Å². The van der Waals surface area contributed by atoms with Gasteiger partial charge in [-0.15, -0.1) is 0 Å². The summed E-state index contributed by atoms with van der Waals surface area (Å²) in [6, 6.07) is 13.8. The summed E-state index contributed by atoms with van der Waals surface area (Å²) in [7, 11) is -1.42. The van der Waals surface area contributed by atoms with E-state index in [4.69, 9.17) is 20.9 Å². The number of rotatable bonds is 5. The standard InChI is InChI=1S/C14H15ClNO3P/c1-18-13-7-9-14(10-8-13)19-20(2,17)16-12-5-3-11(15)4-6-12/h3-10H,1-2H3,(H,16,17)/t20-/m0/s1. The summed E-state index contributed by atoms with van der Waals surface area (Å²) < 4.78 is 22.9. The summed E-state index contributed by atoms with van der Waals surface area (Å²) in [5.41, 5.74) is 0.689. The van der Waals surface area contributed by atoms with Gasteiger partial charge in [0.2, 0.25) is 0 Å². The number of anilines is 1. The van der Waals surface area contributed by atoms with Crippen molar-refractivity contribution in [2.45, 2.75) is 0 Å². The van der Waals surface area contributed by atoms with Crippen LogP contribution in [0.1, 0.15) is 0 Å². The van der Waals surface area contributed by atoms with Gasteiger partial charge in [-0.3, -0.25) is 4.57 Å². The maximum absolute atomic E-state index is 12.4. The van der Waals surface area contributed by atoms with Crippen molar-refractivity contribution in [2.75, 3.05) is 18.9 Å². The zero-order valence-electron chi connectivity index (χ0n) is 11.2. The molecule has 0 aliphatic carbocycles. The first kappa shape index (κ1) is 14.8. The predicted octanol–water partition coefficient (Wildman–Crippen LogP) is 4.66. The molecule has 4 nitrogen and oxygen atoms in total. The Morgan fingerprint density at radius 3 is 2.10 bits per heavy atom. The molecule has 0 fully saturated rings. The summed E-state index contributed by atoms with van der Waals surface area (Å²) in [4.78, 5) is 0. The van der Waals surface area contributed by atoms with E-state index in [-0.39, 0.29) is 0 Å². The zero-order chi connectivity index (χ0) is 14.6. The van der Waals surface area contributed by atoms with Crippen LogP contribution in [0.5, 0.6) is 11.5 Å². The Kier molecular flexibility index (Phi) is 4.58. The molecule has 2 rings (SSSR count). The van der Waals surface area contributed by atoms with Crippen molar-refractivity contribution in [1.29, 1.82) is 0 Å². The molecule has 2 aromatic rings. The van der Waals surface area contributed by atoms with Crippen molar-refractivity contribution in [1.82, 2.24) is 0 Å². The minimum atomic E-state index is -3.01. The number of hydrogen-bond acceptors (Lipinski definition) is 3. The van der Waals surface area contributed by atoms with Gasteiger partial charge < -0.3 is 14.3 Å². The first-order chi connectivity index (χ1) is 9.48. The molecule has 0 bridgehead atoms. The third-order valence-electron chi connectivity index (χ3n) is 2.52. The van der Waals surface area contributed by atoms with Gasteiger partial charge >= 0.3 is 7.52 Å². The molecule has 0 unspecified atom stereocenters. The van der Waals surface area contributed by atoms with E-state index < -0.39 is 7.52 Å². The third-order valence-corrected chi connectivity index (χ3v) is 3.99. The Labute approximate surface area is 123 Å². The van der Waals surface area contributed by atoms with Crippen LogP contribution < -0.4 is 14.3 Å². The quantitative estimate of drug-likeness (QED) is 0.816. The molecule has 2 aromatic carbocycles. The minimum absolute atomic E-state index is 0.512. The van der Waals surface area contributed by atoms with Gasteiger partial charge in [0.1, 0.15) is 11.5 Å². The maximum atomic E-state index is 12.4. The second-order valence-corrected chi connectivity index (χ2v) is 6.77. The minimum Gasteiger partial charge on any atom is -0.497 e. The van der Waals surface area contributed by atoms with Crippen LogP contribution in [0.15, 0.2) is 48.5 Å². The monoisotopic (exact) mass is 311 g/mol. The molecule has 0 amide bonds. The highest BCUT2D eigenvalue weighted by Crippen LogP contribution is 2.43. The lowest BCUT2D eigenvalue weighted by Gasteiger charge is -2.17. The van der Waals surface area contributed by atoms with E-state index in [0.717, 1.165) is 0 Å². The van der Waals surface area contributed by atoms with Gasteiger partial charge in [-0.2, -0.15) is 0 Å². The fourth-order valence-electron chi connectivity index (χ4n) is 1.62. The van der Waals surface area contributed by atoms with Crippen molar-refractivity contribution in [3.05, 3.63) is 53.6 Å². The lowest BCUT2D eigenvalue weighted by molar-refractivity contribution is 0.413. The summed E-state index contributed by atoms with van der Waals surface area (Å²) in [6.45, 7) is 1.52. The second-order valence-electron chi connectivity index (χ2n) is 4.23. The number of hydrogen-bond donors (Lipinski definition) is 1. The molecule has 0 radical (unpaired) electrons. The average Bonchev–Trinajstić information content (AvgIpc) is 2.41. The molecule has 0 saturated heterocycles. The number of methoxy groups -OCH3 is 1. The third kappa shape index (κ3) is 4.19. The van der Waals surface area contributed by atoms with Crippen LogP contribution in [0.2, 0.25) is 5.02 Å². The number of ether oxygens (including phenoxy) is 1. The first-order valence-corrected chi connectivity index (χ1v) is 8.38. The molecule has 0 saturated carbocycles. The van der Waals surface area contributed by atoms with Crippen molar-refractivity contribution < 1.29 is 13.8 Å². The van der Waals surface area contributed by atoms with Crippen molar-refractivity contribution in [3.8, 4) is 11.5 Å². The van der Waals surface area contributed by atoms with Gasteiger partial charge in [-0.1, -0.05) is 11.6 Å². The van der Waals surface area contributed by atoms with E-state index in [1.54, 1.807) is 55.6 Å². The van der Waals surface area contributed by atoms with Gasteiger partial charge in [0.05, 0.1) is 7.11 Å². The summed E-state index contributed by atoms with van der Waals surface area (Å²) >= 11 is 5.80. The van der Waals surface area contributed by atoms with E-state index in [0.29, 0.717) is 22.2 Å². The summed E-state index contributed by atoms with van der Waals surface area (Å²) in [5, 5.41) is 3.49. The van der Waals surface area contributed by atoms with E-state index >= 15 is 0 Å². The van der Waals surface area contributed by atoms with E-state index in [1.807, 2.05) is 0 Å². The Morgan fingerprint density at radius 1 is 1.00 bits per heavy atom. The highest BCUT2D eigenvalue weighted by molar-refractivity contribution is 7.60. The van der Waals surface area contributed by atoms with Crippen LogP contribution in [-0.2, 0) is 4.57 Å². The van der Waals surface area contributed by atoms with Crippen molar-refractivity contribution in [3.63, 3.8) is 0 Å². The number of nitrogens with one attached hydrogen (secondary N) is 1. The summed E-state index contributed by atoms with van der Waals surface area (Å²) in [5.74, 6) is 1.23. The molecule has 0 aliphatic heterocycles. The second kappa shape index (κ2) is 6.21. The molecule has 1 atom stereocenters. The Hall–Kier alpha value is -1.64. The van der Waals surface area contributed by atoms with Gasteiger partial charge in [0, 0.05) is 17.4 Å². The van der Waals surface area contributed by atoms with Crippen molar-refractivity contribution in [2.24, 2.45) is 0 Å². The summed E-state index contributed by atoms with van der Waals surface area (Å²) in [6.07, 6.45) is 0. The Bertz CT molecular complexity index is 613. The molecular weight excluding hydrogens is 297 g/mol. The molecule has 20 heavy (non-hydrogen) atoms. The van der Waals surface area contributed by atoms with Crippen LogP contribution in [0.4, 0.5) is 5.69 Å². The molecular formula is C14H15ClNO3P. The van der Waals surface area contributed by atoms with E-state index in [2.05, 4.69) is 5.09 Å². The fourth-order valence-corrected chi connectivity index (χ4v) is 2.93. The smallest absolute Gasteiger partial charge is 0.338 e. The lowest BCUT2D eigenvalue weighted by Crippen LogP contribution is -2.02. The van der Waals surface area contributed by atoms with Gasteiger partial charge in [0.15, 0.2) is 0 Å². The normalized spacial score (nSPS) is 13.3. The Balaban J connectivity index is 2.06. The van der Waals surface area contributed by atoms with Crippen molar-refractivity contribution >= 4 is 24.8 Å². The van der Waals surface area contributed by atoms with E-state index in [1.165, 1.54) is 6.66 Å². The number of halogens is 1. The molecule has 0 spiro atoms. The Morgan fingerprint density at radius 2 is 1.55 bits per heavy atom. The van der Waals surface area contributed by atoms with Gasteiger partial charge in [-0.25, -0.2) is 0 Å². The van der Waals surface area contributed by atoms with Crippen LogP contribution in [0.25, 0.3) is 0 Å². The molecule has 0 aliphatic rings. The van der Waals surface area contributed by atoms with Gasteiger partial charge in [-0.05, 0) is 48.5 Å². The fraction of sp³-hybridized carbons (Fsp3) is 0.143. The molecule has 6 heteroatoms.